The van der Waals surface area contributed by atoms with Gasteiger partial charge in [-0.2, -0.15) is 0 Å². The van der Waals surface area contributed by atoms with Gasteiger partial charge in [0.05, 0.1) is 16.7 Å². The third-order valence-electron chi connectivity index (χ3n) is 2.72. The van der Waals surface area contributed by atoms with Gasteiger partial charge in [0, 0.05) is 5.41 Å². The first-order valence-electron chi connectivity index (χ1n) is 5.48. The van der Waals surface area contributed by atoms with Gasteiger partial charge < -0.3 is 10.4 Å². The Morgan fingerprint density at radius 1 is 1.45 bits per heavy atom. The molecule has 8 nitrogen and oxygen atoms in total. The fourth-order valence-corrected chi connectivity index (χ4v) is 3.13. The van der Waals surface area contributed by atoms with Crippen molar-refractivity contribution >= 4 is 27.2 Å². The number of nitro benzene ring substituents is 1. The molecule has 0 aliphatic carbocycles. The Morgan fingerprint density at radius 2 is 2.15 bits per heavy atom. The number of para-hydroxylation sites is 1. The maximum absolute atomic E-state index is 11.3. The average molecular weight is 298 g/mol. The molecule has 0 bridgehead atoms. The molecule has 0 aromatic heterocycles. The van der Waals surface area contributed by atoms with Crippen molar-refractivity contribution in [2.24, 2.45) is 0 Å². The zero-order valence-corrected chi connectivity index (χ0v) is 10.8. The van der Waals surface area contributed by atoms with Crippen LogP contribution < -0.4 is 5.32 Å². The highest BCUT2D eigenvalue weighted by Crippen LogP contribution is 2.30. The Hall–Kier alpha value is -2.42. The number of hydrogen-bond acceptors (Lipinski definition) is 6. The van der Waals surface area contributed by atoms with Gasteiger partial charge in [0.25, 0.3) is 0 Å². The molecule has 0 radical (unpaired) electrons. The van der Waals surface area contributed by atoms with Crippen LogP contribution >= 0.6 is 0 Å². The van der Waals surface area contributed by atoms with Crippen LogP contribution in [-0.2, 0) is 9.84 Å². The molecule has 0 fully saturated rings. The molecule has 1 atom stereocenters. The number of anilines is 1. The third kappa shape index (κ3) is 2.77. The summed E-state index contributed by atoms with van der Waals surface area (Å²) in [5, 5.41) is 23.7. The summed E-state index contributed by atoms with van der Waals surface area (Å²) in [6, 6.07) is 3.19. The second kappa shape index (κ2) is 4.93. The summed E-state index contributed by atoms with van der Waals surface area (Å²) in [4.78, 5) is 21.2. The third-order valence-corrected chi connectivity index (χ3v) is 4.12. The number of hydrogen-bond donors (Lipinski definition) is 2. The first kappa shape index (κ1) is 14.0. The molecule has 1 unspecified atom stereocenters. The summed E-state index contributed by atoms with van der Waals surface area (Å²) in [7, 11) is -3.30. The number of benzene rings is 1. The fraction of sp³-hybridized carbons (Fsp3) is 0.182. The number of nitrogens with zero attached hydrogens (tertiary/aromatic N) is 1. The van der Waals surface area contributed by atoms with Crippen LogP contribution in [0.2, 0.25) is 0 Å². The lowest BCUT2D eigenvalue weighted by atomic mass is 10.1. The van der Waals surface area contributed by atoms with Gasteiger partial charge in [-0.25, -0.2) is 13.2 Å². The molecule has 0 saturated carbocycles. The van der Waals surface area contributed by atoms with E-state index in [1.807, 2.05) is 0 Å². The van der Waals surface area contributed by atoms with Crippen molar-refractivity contribution in [2.45, 2.75) is 6.04 Å². The standard InChI is InChI=1S/C11H10N2O6S/c14-11(15)8-2-1-3-9(10(8)13(16)17)12-7-4-5-20(18,19)6-7/h1-5,7,12H,6H2,(H,14,15). The molecule has 106 valence electrons. The second-order valence-electron chi connectivity index (χ2n) is 4.17. The summed E-state index contributed by atoms with van der Waals surface area (Å²) >= 11 is 0. The van der Waals surface area contributed by atoms with Crippen molar-refractivity contribution in [3.8, 4) is 0 Å². The van der Waals surface area contributed by atoms with Crippen LogP contribution in [0, 0.1) is 10.1 Å². The second-order valence-corrected chi connectivity index (χ2v) is 6.10. The number of aromatic carboxylic acids is 1. The van der Waals surface area contributed by atoms with E-state index in [9.17, 15) is 23.3 Å². The van der Waals surface area contributed by atoms with E-state index in [0.717, 1.165) is 11.5 Å². The zero-order valence-electron chi connectivity index (χ0n) is 10.0. The molecule has 1 aromatic rings. The first-order chi connectivity index (χ1) is 9.30. The van der Waals surface area contributed by atoms with Gasteiger partial charge in [0.15, 0.2) is 9.84 Å². The zero-order chi connectivity index (χ0) is 14.9. The number of carboxylic acid groups (broad SMARTS) is 1. The van der Waals surface area contributed by atoms with Gasteiger partial charge in [-0.15, -0.1) is 0 Å². The van der Waals surface area contributed by atoms with Crippen molar-refractivity contribution in [3.05, 3.63) is 45.4 Å². The molecule has 2 N–H and O–H groups in total. The summed E-state index contributed by atoms with van der Waals surface area (Å²) in [6.45, 7) is 0. The minimum absolute atomic E-state index is 0.0262. The number of carboxylic acids is 1. The Kier molecular flexibility index (Phi) is 3.45. The molecule has 20 heavy (non-hydrogen) atoms. The van der Waals surface area contributed by atoms with Crippen molar-refractivity contribution < 1.29 is 23.2 Å². The molecular formula is C11H10N2O6S. The summed E-state index contributed by atoms with van der Waals surface area (Å²) in [5.41, 5.74) is -1.07. The number of rotatable bonds is 4. The highest BCUT2D eigenvalue weighted by Gasteiger charge is 2.27. The molecule has 9 heteroatoms. The van der Waals surface area contributed by atoms with Crippen LogP contribution in [0.3, 0.4) is 0 Å². The van der Waals surface area contributed by atoms with E-state index in [2.05, 4.69) is 5.32 Å². The lowest BCUT2D eigenvalue weighted by Crippen LogP contribution is -2.22. The highest BCUT2D eigenvalue weighted by molar-refractivity contribution is 7.94. The lowest BCUT2D eigenvalue weighted by Gasteiger charge is -2.12. The van der Waals surface area contributed by atoms with E-state index in [1.54, 1.807) is 0 Å². The van der Waals surface area contributed by atoms with Crippen LogP contribution in [0.5, 0.6) is 0 Å². The van der Waals surface area contributed by atoms with Crippen molar-refractivity contribution in [1.29, 1.82) is 0 Å². The first-order valence-corrected chi connectivity index (χ1v) is 7.20. The number of nitrogens with one attached hydrogen (secondary N) is 1. The summed E-state index contributed by atoms with van der Waals surface area (Å²) in [5.74, 6) is -1.64. The SMILES string of the molecule is O=C(O)c1cccc(NC2C=CS(=O)(=O)C2)c1[N+](=O)[O-]. The molecule has 0 spiro atoms. The van der Waals surface area contributed by atoms with E-state index < -0.39 is 38.0 Å². The maximum atomic E-state index is 11.3. The molecule has 1 aliphatic heterocycles. The van der Waals surface area contributed by atoms with Crippen LogP contribution in [0.25, 0.3) is 0 Å². The molecule has 1 aromatic carbocycles. The minimum Gasteiger partial charge on any atom is -0.477 e. The quantitative estimate of drug-likeness (QED) is 0.627. The minimum atomic E-state index is -3.30. The number of sulfone groups is 1. The Morgan fingerprint density at radius 3 is 2.65 bits per heavy atom. The maximum Gasteiger partial charge on any atom is 0.342 e. The molecular weight excluding hydrogens is 288 g/mol. The number of nitro groups is 1. The normalized spacial score (nSPS) is 19.7. The molecule has 0 saturated heterocycles. The Labute approximate surface area is 113 Å². The predicted octanol–water partition coefficient (Wildman–Crippen LogP) is 1.02. The van der Waals surface area contributed by atoms with E-state index in [4.69, 9.17) is 5.11 Å². The van der Waals surface area contributed by atoms with E-state index in [0.29, 0.717) is 0 Å². The van der Waals surface area contributed by atoms with Crippen molar-refractivity contribution in [1.82, 2.24) is 0 Å². The molecule has 1 aliphatic rings. The summed E-state index contributed by atoms with van der Waals surface area (Å²) in [6.07, 6.45) is 1.37. The van der Waals surface area contributed by atoms with Crippen LogP contribution in [0.1, 0.15) is 10.4 Å². The van der Waals surface area contributed by atoms with Crippen molar-refractivity contribution in [2.75, 3.05) is 11.1 Å². The summed E-state index contributed by atoms with van der Waals surface area (Å²) < 4.78 is 22.5. The topological polar surface area (TPSA) is 127 Å². The Balaban J connectivity index is 2.38. The van der Waals surface area contributed by atoms with Crippen LogP contribution in [-0.4, -0.2) is 36.2 Å². The largest absolute Gasteiger partial charge is 0.477 e. The molecule has 1 heterocycles. The monoisotopic (exact) mass is 298 g/mol. The highest BCUT2D eigenvalue weighted by atomic mass is 32.2. The van der Waals surface area contributed by atoms with Gasteiger partial charge in [0.1, 0.15) is 11.3 Å². The van der Waals surface area contributed by atoms with E-state index >= 15 is 0 Å². The van der Waals surface area contributed by atoms with Gasteiger partial charge in [0.2, 0.25) is 0 Å². The van der Waals surface area contributed by atoms with Crippen LogP contribution in [0.4, 0.5) is 11.4 Å². The number of carbonyl (C=O) groups is 1. The molecule has 2 rings (SSSR count). The fourth-order valence-electron chi connectivity index (χ4n) is 1.89. The lowest BCUT2D eigenvalue weighted by molar-refractivity contribution is -0.384. The molecule has 0 amide bonds. The predicted molar refractivity (Wildman–Crippen MR) is 70.4 cm³/mol. The van der Waals surface area contributed by atoms with Gasteiger partial charge in [-0.1, -0.05) is 12.1 Å². The Bertz CT molecular complexity index is 710. The van der Waals surface area contributed by atoms with Gasteiger partial charge in [-0.3, -0.25) is 10.1 Å². The smallest absolute Gasteiger partial charge is 0.342 e. The van der Waals surface area contributed by atoms with E-state index in [-0.39, 0.29) is 11.4 Å². The van der Waals surface area contributed by atoms with Crippen molar-refractivity contribution in [3.63, 3.8) is 0 Å². The van der Waals surface area contributed by atoms with Gasteiger partial charge >= 0.3 is 11.7 Å². The van der Waals surface area contributed by atoms with Gasteiger partial charge in [-0.05, 0) is 12.1 Å². The van der Waals surface area contributed by atoms with Crippen LogP contribution in [0.15, 0.2) is 29.7 Å². The average Bonchev–Trinajstić information content (AvgIpc) is 2.68. The van der Waals surface area contributed by atoms with E-state index in [1.165, 1.54) is 18.2 Å².